The smallest absolute Gasteiger partial charge is 0.306 e. The van der Waals surface area contributed by atoms with Crippen molar-refractivity contribution in [2.24, 2.45) is 0 Å². The molecule has 0 aromatic heterocycles. The van der Waals surface area contributed by atoms with Crippen LogP contribution < -0.4 is 5.11 Å². The van der Waals surface area contributed by atoms with Gasteiger partial charge in [0.25, 0.3) is 0 Å². The maximum atomic E-state index is 12.5. The highest BCUT2D eigenvalue weighted by atomic mass is 16.5. The third-order valence-corrected chi connectivity index (χ3v) is 7.82. The van der Waals surface area contributed by atoms with Crippen molar-refractivity contribution in [2.45, 2.75) is 206 Å². The zero-order valence-electron chi connectivity index (χ0n) is 25.7. The first-order valence-electron chi connectivity index (χ1n) is 17.0. The predicted molar refractivity (Wildman–Crippen MR) is 160 cm³/mol. The third-order valence-electron chi connectivity index (χ3n) is 7.82. The molecular weight excluding hydrogens is 472 g/mol. The summed E-state index contributed by atoms with van der Waals surface area (Å²) < 4.78 is 5.94. The summed E-state index contributed by atoms with van der Waals surface area (Å²) in [5.41, 5.74) is 0. The second kappa shape index (κ2) is 30.5. The molecular formula is C34H65O4-. The van der Waals surface area contributed by atoms with Crippen molar-refractivity contribution in [3.8, 4) is 0 Å². The van der Waals surface area contributed by atoms with E-state index < -0.39 is 5.97 Å². The molecule has 0 rings (SSSR count). The van der Waals surface area contributed by atoms with Crippen LogP contribution in [0.2, 0.25) is 0 Å². The van der Waals surface area contributed by atoms with E-state index in [4.69, 9.17) is 4.74 Å². The molecule has 1 atom stereocenters. The molecule has 0 fully saturated rings. The van der Waals surface area contributed by atoms with E-state index in [1.165, 1.54) is 109 Å². The molecule has 38 heavy (non-hydrogen) atoms. The molecule has 0 spiro atoms. The summed E-state index contributed by atoms with van der Waals surface area (Å²) >= 11 is 0. The fraction of sp³-hybridized carbons (Fsp3) is 0.941. The molecule has 0 aromatic carbocycles. The third kappa shape index (κ3) is 29.5. The van der Waals surface area contributed by atoms with Crippen LogP contribution in [0.1, 0.15) is 200 Å². The van der Waals surface area contributed by atoms with Gasteiger partial charge in [0.05, 0.1) is 0 Å². The maximum absolute atomic E-state index is 12.5. The predicted octanol–water partition coefficient (Wildman–Crippen LogP) is 10.0. The Morgan fingerprint density at radius 1 is 0.474 bits per heavy atom. The van der Waals surface area contributed by atoms with Gasteiger partial charge in [-0.05, 0) is 44.9 Å². The van der Waals surface area contributed by atoms with Crippen molar-refractivity contribution in [2.75, 3.05) is 0 Å². The van der Waals surface area contributed by atoms with Crippen LogP contribution in [-0.4, -0.2) is 18.0 Å². The van der Waals surface area contributed by atoms with E-state index in [2.05, 4.69) is 13.8 Å². The average molecular weight is 538 g/mol. The number of carboxylic acids is 1. The summed E-state index contributed by atoms with van der Waals surface area (Å²) in [6.07, 6.45) is 33.6. The van der Waals surface area contributed by atoms with Crippen molar-refractivity contribution >= 4 is 11.9 Å². The summed E-state index contributed by atoms with van der Waals surface area (Å²) in [6, 6.07) is 0. The first-order chi connectivity index (χ1) is 18.6. The molecule has 0 aliphatic heterocycles. The minimum atomic E-state index is -0.949. The lowest BCUT2D eigenvalue weighted by atomic mass is 10.0. The molecule has 0 radical (unpaired) electrons. The van der Waals surface area contributed by atoms with Gasteiger partial charge in [-0.2, -0.15) is 0 Å². The summed E-state index contributed by atoms with van der Waals surface area (Å²) in [5, 5.41) is 10.5. The topological polar surface area (TPSA) is 66.4 Å². The second-order valence-electron chi connectivity index (χ2n) is 11.7. The number of aliphatic carboxylic acids is 1. The van der Waals surface area contributed by atoms with Gasteiger partial charge >= 0.3 is 5.97 Å². The van der Waals surface area contributed by atoms with Crippen molar-refractivity contribution in [1.29, 1.82) is 0 Å². The Balaban J connectivity index is 3.94. The minimum Gasteiger partial charge on any atom is -0.550 e. The van der Waals surface area contributed by atoms with E-state index >= 15 is 0 Å². The lowest BCUT2D eigenvalue weighted by Crippen LogP contribution is -2.21. The van der Waals surface area contributed by atoms with Gasteiger partial charge in [0, 0.05) is 12.4 Å². The quantitative estimate of drug-likeness (QED) is 0.0651. The van der Waals surface area contributed by atoms with Gasteiger partial charge in [0.1, 0.15) is 6.10 Å². The summed E-state index contributed by atoms with van der Waals surface area (Å²) in [5.74, 6) is -0.954. The zero-order chi connectivity index (χ0) is 27.9. The van der Waals surface area contributed by atoms with Crippen molar-refractivity contribution in [1.82, 2.24) is 0 Å². The largest absolute Gasteiger partial charge is 0.550 e. The van der Waals surface area contributed by atoms with Gasteiger partial charge < -0.3 is 14.6 Å². The molecule has 226 valence electrons. The molecule has 0 amide bonds. The molecule has 0 aliphatic rings. The van der Waals surface area contributed by atoms with Gasteiger partial charge in [-0.1, -0.05) is 149 Å². The average Bonchev–Trinajstić information content (AvgIpc) is 2.89. The molecule has 4 heteroatoms. The van der Waals surface area contributed by atoms with E-state index in [0.29, 0.717) is 12.8 Å². The molecule has 0 aromatic rings. The molecule has 0 saturated carbocycles. The van der Waals surface area contributed by atoms with Crippen LogP contribution in [-0.2, 0) is 14.3 Å². The Labute approximate surface area is 237 Å². The monoisotopic (exact) mass is 537 g/mol. The normalized spacial score (nSPS) is 12.1. The molecule has 0 saturated heterocycles. The maximum Gasteiger partial charge on any atom is 0.306 e. The van der Waals surface area contributed by atoms with E-state index in [-0.39, 0.29) is 18.5 Å². The highest BCUT2D eigenvalue weighted by molar-refractivity contribution is 5.69. The van der Waals surface area contributed by atoms with Gasteiger partial charge in [0.2, 0.25) is 0 Å². The van der Waals surface area contributed by atoms with Gasteiger partial charge in [-0.15, -0.1) is 0 Å². The van der Waals surface area contributed by atoms with Gasteiger partial charge in [-0.25, -0.2) is 0 Å². The number of unbranched alkanes of at least 4 members (excludes halogenated alkanes) is 22. The number of esters is 1. The first kappa shape index (κ1) is 36.9. The van der Waals surface area contributed by atoms with E-state index in [9.17, 15) is 14.7 Å². The van der Waals surface area contributed by atoms with E-state index in [1.54, 1.807) is 0 Å². The Morgan fingerprint density at radius 3 is 1.16 bits per heavy atom. The van der Waals surface area contributed by atoms with Crippen LogP contribution in [0.3, 0.4) is 0 Å². The number of carboxylic acid groups (broad SMARTS) is 1. The molecule has 4 nitrogen and oxygen atoms in total. The molecule has 0 aliphatic carbocycles. The van der Waals surface area contributed by atoms with Crippen molar-refractivity contribution in [3.05, 3.63) is 0 Å². The minimum absolute atomic E-state index is 0.00465. The van der Waals surface area contributed by atoms with E-state index in [0.717, 1.165) is 57.8 Å². The number of ether oxygens (including phenoxy) is 1. The Hall–Kier alpha value is -1.06. The lowest BCUT2D eigenvalue weighted by Gasteiger charge is -2.18. The summed E-state index contributed by atoms with van der Waals surface area (Å²) in [7, 11) is 0. The number of hydrogen-bond donors (Lipinski definition) is 0. The summed E-state index contributed by atoms with van der Waals surface area (Å²) in [6.45, 7) is 4.52. The van der Waals surface area contributed by atoms with Gasteiger partial charge in [0.15, 0.2) is 0 Å². The first-order valence-corrected chi connectivity index (χ1v) is 17.0. The lowest BCUT2D eigenvalue weighted by molar-refractivity contribution is -0.305. The van der Waals surface area contributed by atoms with E-state index in [1.807, 2.05) is 0 Å². The Kier molecular flexibility index (Phi) is 29.6. The van der Waals surface area contributed by atoms with Gasteiger partial charge in [-0.3, -0.25) is 4.79 Å². The number of carbonyl (C=O) groups excluding carboxylic acids is 2. The highest BCUT2D eigenvalue weighted by Crippen LogP contribution is 2.19. The number of hydrogen-bond acceptors (Lipinski definition) is 4. The van der Waals surface area contributed by atoms with Crippen molar-refractivity contribution in [3.63, 3.8) is 0 Å². The fourth-order valence-corrected chi connectivity index (χ4v) is 5.29. The zero-order valence-corrected chi connectivity index (χ0v) is 25.7. The Bertz CT molecular complexity index is 505. The Morgan fingerprint density at radius 2 is 0.789 bits per heavy atom. The molecule has 0 N–H and O–H groups in total. The fourth-order valence-electron chi connectivity index (χ4n) is 5.29. The SMILES string of the molecule is CCCCCCCCCCCCCCCC(=O)OC(CCCCCCCCC)CCCCCCCC(=O)[O-]. The van der Waals surface area contributed by atoms with Crippen LogP contribution in [0.5, 0.6) is 0 Å². The molecule has 1 unspecified atom stereocenters. The standard InChI is InChI=1S/C34H66O4/c1-3-5-7-9-11-12-13-14-15-16-18-23-27-31-34(37)38-32(28-24-20-17-10-8-6-4-2)29-25-21-19-22-26-30-33(35)36/h32H,3-31H2,1-2H3,(H,35,36)/p-1. The molecule has 0 heterocycles. The molecule has 0 bridgehead atoms. The van der Waals surface area contributed by atoms with Crippen LogP contribution in [0, 0.1) is 0 Å². The second-order valence-corrected chi connectivity index (χ2v) is 11.7. The summed E-state index contributed by atoms with van der Waals surface area (Å²) in [4.78, 5) is 23.0. The number of rotatable bonds is 31. The van der Waals surface area contributed by atoms with Crippen LogP contribution in [0.25, 0.3) is 0 Å². The van der Waals surface area contributed by atoms with Crippen LogP contribution >= 0.6 is 0 Å². The van der Waals surface area contributed by atoms with Crippen LogP contribution in [0.4, 0.5) is 0 Å². The van der Waals surface area contributed by atoms with Crippen molar-refractivity contribution < 1.29 is 19.4 Å². The number of carbonyl (C=O) groups is 2. The highest BCUT2D eigenvalue weighted by Gasteiger charge is 2.14. The van der Waals surface area contributed by atoms with Crippen LogP contribution in [0.15, 0.2) is 0 Å².